The van der Waals surface area contributed by atoms with Crippen molar-refractivity contribution in [3.8, 4) is 0 Å². The highest BCUT2D eigenvalue weighted by Crippen LogP contribution is 2.21. The molecule has 0 saturated carbocycles. The van der Waals surface area contributed by atoms with Crippen molar-refractivity contribution < 1.29 is 9.59 Å². The maximum Gasteiger partial charge on any atom is 0.224 e. The monoisotopic (exact) mass is 289 g/mol. The molecule has 5 nitrogen and oxygen atoms in total. The molecule has 5 heteroatoms. The highest BCUT2D eigenvalue weighted by atomic mass is 16.2. The van der Waals surface area contributed by atoms with Crippen molar-refractivity contribution in [1.29, 1.82) is 0 Å². The first kappa shape index (κ1) is 15.4. The Balaban J connectivity index is 1.98. The average Bonchev–Trinajstić information content (AvgIpc) is 2.48. The fourth-order valence-corrected chi connectivity index (χ4v) is 2.51. The molecule has 1 saturated heterocycles. The van der Waals surface area contributed by atoms with Crippen molar-refractivity contribution in [3.63, 3.8) is 0 Å². The van der Waals surface area contributed by atoms with E-state index >= 15 is 0 Å². The SMILES string of the molecule is CCCC(=O)Nc1cccc(N2CCN(C(C)=O)CC2)c1. The molecule has 0 radical (unpaired) electrons. The zero-order valence-corrected chi connectivity index (χ0v) is 12.8. The van der Waals surface area contributed by atoms with Crippen LogP contribution in [-0.2, 0) is 9.59 Å². The van der Waals surface area contributed by atoms with Gasteiger partial charge < -0.3 is 15.1 Å². The second-order valence-electron chi connectivity index (χ2n) is 5.34. The van der Waals surface area contributed by atoms with E-state index in [0.717, 1.165) is 44.0 Å². The van der Waals surface area contributed by atoms with E-state index < -0.39 is 0 Å². The Morgan fingerprint density at radius 1 is 1.19 bits per heavy atom. The Kier molecular flexibility index (Phi) is 5.20. The van der Waals surface area contributed by atoms with Crippen LogP contribution in [0.2, 0.25) is 0 Å². The summed E-state index contributed by atoms with van der Waals surface area (Å²) in [4.78, 5) is 27.1. The average molecular weight is 289 g/mol. The number of benzene rings is 1. The van der Waals surface area contributed by atoms with E-state index in [1.54, 1.807) is 6.92 Å². The molecule has 1 aliphatic heterocycles. The lowest BCUT2D eigenvalue weighted by molar-refractivity contribution is -0.129. The van der Waals surface area contributed by atoms with Gasteiger partial charge in [0.15, 0.2) is 0 Å². The minimum absolute atomic E-state index is 0.0519. The highest BCUT2D eigenvalue weighted by molar-refractivity contribution is 5.91. The van der Waals surface area contributed by atoms with Gasteiger partial charge in [0.1, 0.15) is 0 Å². The normalized spacial score (nSPS) is 15.0. The maximum absolute atomic E-state index is 11.6. The summed E-state index contributed by atoms with van der Waals surface area (Å²) in [7, 11) is 0. The quantitative estimate of drug-likeness (QED) is 0.923. The molecule has 1 aromatic carbocycles. The third-order valence-electron chi connectivity index (χ3n) is 3.70. The van der Waals surface area contributed by atoms with Gasteiger partial charge in [-0.15, -0.1) is 0 Å². The standard InChI is InChI=1S/C16H23N3O2/c1-3-5-16(21)17-14-6-4-7-15(12-14)19-10-8-18(9-11-19)13(2)20/h4,6-7,12H,3,5,8-11H2,1-2H3,(H,17,21). The van der Waals surface area contributed by atoms with Crippen LogP contribution in [-0.4, -0.2) is 42.9 Å². The van der Waals surface area contributed by atoms with Crippen molar-refractivity contribution in [1.82, 2.24) is 4.90 Å². The van der Waals surface area contributed by atoms with Crippen LogP contribution in [0, 0.1) is 0 Å². The lowest BCUT2D eigenvalue weighted by atomic mass is 10.2. The van der Waals surface area contributed by atoms with Gasteiger partial charge in [0.2, 0.25) is 11.8 Å². The zero-order valence-electron chi connectivity index (χ0n) is 12.8. The Hall–Kier alpha value is -2.04. The third-order valence-corrected chi connectivity index (χ3v) is 3.70. The number of hydrogen-bond donors (Lipinski definition) is 1. The number of carbonyl (C=O) groups is 2. The van der Waals surface area contributed by atoms with Crippen molar-refractivity contribution in [2.24, 2.45) is 0 Å². The molecule has 2 amide bonds. The van der Waals surface area contributed by atoms with Crippen molar-refractivity contribution in [2.75, 3.05) is 36.4 Å². The molecular weight excluding hydrogens is 266 g/mol. The van der Waals surface area contributed by atoms with Gasteiger partial charge in [0.25, 0.3) is 0 Å². The smallest absolute Gasteiger partial charge is 0.224 e. The number of nitrogens with one attached hydrogen (secondary N) is 1. The molecule has 0 atom stereocenters. The summed E-state index contributed by atoms with van der Waals surface area (Å²) in [5.41, 5.74) is 1.92. The van der Waals surface area contributed by atoms with E-state index in [-0.39, 0.29) is 11.8 Å². The van der Waals surface area contributed by atoms with E-state index in [1.165, 1.54) is 0 Å². The number of piperazine rings is 1. The third kappa shape index (κ3) is 4.21. The lowest BCUT2D eigenvalue weighted by Crippen LogP contribution is -2.48. The summed E-state index contributed by atoms with van der Waals surface area (Å²) >= 11 is 0. The molecule has 1 heterocycles. The van der Waals surface area contributed by atoms with Gasteiger partial charge in [-0.2, -0.15) is 0 Å². The van der Waals surface area contributed by atoms with Crippen molar-refractivity contribution in [3.05, 3.63) is 24.3 Å². The molecule has 2 rings (SSSR count). The summed E-state index contributed by atoms with van der Waals surface area (Å²) in [6.45, 7) is 6.76. The number of carbonyl (C=O) groups excluding carboxylic acids is 2. The number of anilines is 2. The van der Waals surface area contributed by atoms with Crippen LogP contribution >= 0.6 is 0 Å². The van der Waals surface area contributed by atoms with Gasteiger partial charge in [0, 0.05) is 50.9 Å². The van der Waals surface area contributed by atoms with Crippen LogP contribution in [0.4, 0.5) is 11.4 Å². The second-order valence-corrected chi connectivity index (χ2v) is 5.34. The molecular formula is C16H23N3O2. The molecule has 114 valence electrons. The lowest BCUT2D eigenvalue weighted by Gasteiger charge is -2.35. The van der Waals surface area contributed by atoms with E-state index in [2.05, 4.69) is 10.2 Å². The Bertz CT molecular complexity index is 508. The molecule has 1 fully saturated rings. The van der Waals surface area contributed by atoms with Crippen molar-refractivity contribution >= 4 is 23.2 Å². The minimum atomic E-state index is 0.0519. The summed E-state index contributed by atoms with van der Waals surface area (Å²) in [6, 6.07) is 7.90. The molecule has 1 aromatic rings. The van der Waals surface area contributed by atoms with Gasteiger partial charge in [-0.05, 0) is 24.6 Å². The zero-order chi connectivity index (χ0) is 15.2. The van der Waals surface area contributed by atoms with Crippen LogP contribution in [0.3, 0.4) is 0 Å². The first-order chi connectivity index (χ1) is 10.1. The van der Waals surface area contributed by atoms with E-state index in [4.69, 9.17) is 0 Å². The molecule has 1 aliphatic rings. The van der Waals surface area contributed by atoms with Crippen molar-refractivity contribution in [2.45, 2.75) is 26.7 Å². The first-order valence-corrected chi connectivity index (χ1v) is 7.50. The molecule has 0 spiro atoms. The van der Waals surface area contributed by atoms with Crippen LogP contribution < -0.4 is 10.2 Å². The predicted molar refractivity (Wildman–Crippen MR) is 84.4 cm³/mol. The Morgan fingerprint density at radius 2 is 1.90 bits per heavy atom. The van der Waals surface area contributed by atoms with Crippen LogP contribution in [0.25, 0.3) is 0 Å². The first-order valence-electron chi connectivity index (χ1n) is 7.50. The fourth-order valence-electron chi connectivity index (χ4n) is 2.51. The Labute approximate surface area is 125 Å². The van der Waals surface area contributed by atoms with E-state index in [9.17, 15) is 9.59 Å². The van der Waals surface area contributed by atoms with Gasteiger partial charge in [-0.3, -0.25) is 9.59 Å². The molecule has 21 heavy (non-hydrogen) atoms. The van der Waals surface area contributed by atoms with Gasteiger partial charge in [-0.25, -0.2) is 0 Å². The molecule has 0 aromatic heterocycles. The summed E-state index contributed by atoms with van der Waals surface area (Å²) < 4.78 is 0. The summed E-state index contributed by atoms with van der Waals surface area (Å²) in [5.74, 6) is 0.186. The number of hydrogen-bond acceptors (Lipinski definition) is 3. The minimum Gasteiger partial charge on any atom is -0.368 e. The maximum atomic E-state index is 11.6. The fraction of sp³-hybridized carbons (Fsp3) is 0.500. The van der Waals surface area contributed by atoms with Gasteiger partial charge in [0.05, 0.1) is 0 Å². The number of nitrogens with zero attached hydrogens (tertiary/aromatic N) is 2. The predicted octanol–water partition coefficient (Wildman–Crippen LogP) is 2.09. The molecule has 1 N–H and O–H groups in total. The largest absolute Gasteiger partial charge is 0.368 e. The van der Waals surface area contributed by atoms with Crippen LogP contribution in [0.1, 0.15) is 26.7 Å². The van der Waals surface area contributed by atoms with Crippen LogP contribution in [0.5, 0.6) is 0 Å². The summed E-state index contributed by atoms with van der Waals surface area (Å²) in [5, 5.41) is 2.92. The molecule has 0 aliphatic carbocycles. The highest BCUT2D eigenvalue weighted by Gasteiger charge is 2.18. The number of amides is 2. The summed E-state index contributed by atoms with van der Waals surface area (Å²) in [6.07, 6.45) is 1.39. The molecule has 0 unspecified atom stereocenters. The second kappa shape index (κ2) is 7.11. The number of rotatable bonds is 4. The van der Waals surface area contributed by atoms with Gasteiger partial charge >= 0.3 is 0 Å². The Morgan fingerprint density at radius 3 is 2.52 bits per heavy atom. The van der Waals surface area contributed by atoms with Crippen LogP contribution in [0.15, 0.2) is 24.3 Å². The topological polar surface area (TPSA) is 52.7 Å². The van der Waals surface area contributed by atoms with E-state index in [0.29, 0.717) is 6.42 Å². The van der Waals surface area contributed by atoms with E-state index in [1.807, 2.05) is 36.1 Å². The molecule has 0 bridgehead atoms. The van der Waals surface area contributed by atoms with Gasteiger partial charge in [-0.1, -0.05) is 13.0 Å².